The van der Waals surface area contributed by atoms with Crippen LogP contribution < -0.4 is 5.32 Å². The Hall–Kier alpha value is -0.550. The van der Waals surface area contributed by atoms with Crippen LogP contribution in [0.2, 0.25) is 0 Å². The van der Waals surface area contributed by atoms with E-state index in [0.717, 1.165) is 28.2 Å². The van der Waals surface area contributed by atoms with Gasteiger partial charge in [-0.3, -0.25) is 4.99 Å². The third kappa shape index (κ3) is 2.98. The zero-order chi connectivity index (χ0) is 11.5. The molecular weight excluding hydrogens is 238 g/mol. The first kappa shape index (κ1) is 11.9. The van der Waals surface area contributed by atoms with Gasteiger partial charge < -0.3 is 5.32 Å². The Bertz CT molecular complexity index is 386. The molecule has 0 aromatic carbocycles. The van der Waals surface area contributed by atoms with E-state index in [1.165, 1.54) is 0 Å². The Labute approximate surface area is 105 Å². The second-order valence-electron chi connectivity index (χ2n) is 4.26. The molecule has 0 spiro atoms. The molecule has 2 heterocycles. The van der Waals surface area contributed by atoms with Crippen LogP contribution in [-0.4, -0.2) is 22.4 Å². The highest BCUT2D eigenvalue weighted by Crippen LogP contribution is 2.21. The molecule has 88 valence electrons. The molecule has 0 fully saturated rings. The van der Waals surface area contributed by atoms with Crippen LogP contribution in [0, 0.1) is 12.8 Å². The fourth-order valence-electron chi connectivity index (χ4n) is 1.46. The van der Waals surface area contributed by atoms with Crippen molar-refractivity contribution in [3.05, 3.63) is 16.1 Å². The number of amidine groups is 1. The summed E-state index contributed by atoms with van der Waals surface area (Å²) in [4.78, 5) is 9.01. The van der Waals surface area contributed by atoms with Crippen LogP contribution >= 0.6 is 23.1 Å². The van der Waals surface area contributed by atoms with E-state index in [1.54, 1.807) is 11.3 Å². The van der Waals surface area contributed by atoms with Crippen LogP contribution in [0.5, 0.6) is 0 Å². The molecule has 1 aromatic rings. The summed E-state index contributed by atoms with van der Waals surface area (Å²) in [7, 11) is 0. The van der Waals surface area contributed by atoms with Gasteiger partial charge in [-0.15, -0.1) is 11.3 Å². The highest BCUT2D eigenvalue weighted by Gasteiger charge is 2.16. The van der Waals surface area contributed by atoms with E-state index < -0.39 is 0 Å². The van der Waals surface area contributed by atoms with Gasteiger partial charge in [-0.2, -0.15) is 0 Å². The fraction of sp³-hybridized carbons (Fsp3) is 0.636. The summed E-state index contributed by atoms with van der Waals surface area (Å²) in [6.45, 7) is 7.35. The van der Waals surface area contributed by atoms with E-state index >= 15 is 0 Å². The summed E-state index contributed by atoms with van der Waals surface area (Å²) < 4.78 is 0. The van der Waals surface area contributed by atoms with Crippen molar-refractivity contribution >= 4 is 28.3 Å². The third-order valence-corrected chi connectivity index (χ3v) is 4.80. The number of aryl methyl sites for hydroxylation is 1. The molecule has 5 heteroatoms. The first-order valence-electron chi connectivity index (χ1n) is 5.51. The molecule has 16 heavy (non-hydrogen) atoms. The minimum Gasteiger partial charge on any atom is -0.356 e. The highest BCUT2D eigenvalue weighted by molar-refractivity contribution is 8.13. The van der Waals surface area contributed by atoms with Gasteiger partial charge in [-0.25, -0.2) is 4.98 Å². The lowest BCUT2D eigenvalue weighted by Crippen LogP contribution is -2.28. The Morgan fingerprint density at radius 2 is 2.38 bits per heavy atom. The van der Waals surface area contributed by atoms with Crippen LogP contribution in [-0.2, 0) is 0 Å². The number of hydrogen-bond acceptors (Lipinski definition) is 5. The minimum atomic E-state index is 0.262. The predicted molar refractivity (Wildman–Crippen MR) is 72.3 cm³/mol. The van der Waals surface area contributed by atoms with Gasteiger partial charge in [0.25, 0.3) is 0 Å². The van der Waals surface area contributed by atoms with Crippen LogP contribution in [0.25, 0.3) is 0 Å². The lowest BCUT2D eigenvalue weighted by atomic mass is 10.2. The van der Waals surface area contributed by atoms with Gasteiger partial charge in [-0.1, -0.05) is 18.7 Å². The van der Waals surface area contributed by atoms with E-state index in [4.69, 9.17) is 0 Å². The maximum Gasteiger partial charge on any atom is 0.157 e. The molecule has 0 amide bonds. The fourth-order valence-corrected chi connectivity index (χ4v) is 3.24. The molecule has 0 radical (unpaired) electrons. The summed E-state index contributed by atoms with van der Waals surface area (Å²) >= 11 is 3.53. The Balaban J connectivity index is 1.95. The Morgan fingerprint density at radius 3 is 2.94 bits per heavy atom. The van der Waals surface area contributed by atoms with Crippen molar-refractivity contribution in [3.8, 4) is 0 Å². The summed E-state index contributed by atoms with van der Waals surface area (Å²) in [6, 6.07) is 0.262. The first-order valence-corrected chi connectivity index (χ1v) is 7.37. The van der Waals surface area contributed by atoms with Gasteiger partial charge in [0.1, 0.15) is 5.01 Å². The molecule has 0 saturated heterocycles. The van der Waals surface area contributed by atoms with Gasteiger partial charge in [0.2, 0.25) is 0 Å². The molecule has 1 N–H and O–H groups in total. The Kier molecular flexibility index (Phi) is 3.86. The third-order valence-electron chi connectivity index (χ3n) is 2.40. The number of nitrogens with zero attached hydrogens (tertiary/aromatic N) is 2. The van der Waals surface area contributed by atoms with Crippen molar-refractivity contribution in [2.24, 2.45) is 10.9 Å². The van der Waals surface area contributed by atoms with Crippen LogP contribution in [0.1, 0.15) is 30.6 Å². The number of hydrogen-bond donors (Lipinski definition) is 1. The van der Waals surface area contributed by atoms with E-state index in [9.17, 15) is 0 Å². The average molecular weight is 255 g/mol. The van der Waals surface area contributed by atoms with E-state index in [0.29, 0.717) is 5.92 Å². The van der Waals surface area contributed by atoms with E-state index in [2.05, 4.69) is 34.5 Å². The van der Waals surface area contributed by atoms with Crippen molar-refractivity contribution in [2.75, 3.05) is 12.3 Å². The summed E-state index contributed by atoms with van der Waals surface area (Å²) in [5.41, 5.74) is 1.10. The highest BCUT2D eigenvalue weighted by atomic mass is 32.2. The normalized spacial score (nSPS) is 22.7. The SMILES string of the molecule is Cc1csc(C(C)NC2=NCC(C)CS2)n1. The lowest BCUT2D eigenvalue weighted by Gasteiger charge is -2.20. The van der Waals surface area contributed by atoms with Gasteiger partial charge >= 0.3 is 0 Å². The summed E-state index contributed by atoms with van der Waals surface area (Å²) in [6.07, 6.45) is 0. The molecule has 1 aliphatic heterocycles. The second kappa shape index (κ2) is 5.19. The topological polar surface area (TPSA) is 37.3 Å². The van der Waals surface area contributed by atoms with Gasteiger partial charge in [-0.05, 0) is 19.8 Å². The summed E-state index contributed by atoms with van der Waals surface area (Å²) in [5.74, 6) is 1.86. The molecule has 1 aliphatic rings. The van der Waals surface area contributed by atoms with E-state index in [1.807, 2.05) is 18.7 Å². The van der Waals surface area contributed by atoms with Crippen molar-refractivity contribution in [1.82, 2.24) is 10.3 Å². The Morgan fingerprint density at radius 1 is 1.56 bits per heavy atom. The molecular formula is C11H17N3S2. The zero-order valence-electron chi connectivity index (χ0n) is 9.86. The largest absolute Gasteiger partial charge is 0.356 e. The van der Waals surface area contributed by atoms with Crippen molar-refractivity contribution in [2.45, 2.75) is 26.8 Å². The molecule has 2 rings (SSSR count). The predicted octanol–water partition coefficient (Wildman–Crippen LogP) is 2.84. The standard InChI is InChI=1S/C11H17N3S2/c1-7-4-12-11(16-5-7)14-9(3)10-13-8(2)6-15-10/h6-7,9H,4-5H2,1-3H3,(H,12,14). The number of nitrogens with one attached hydrogen (secondary N) is 1. The van der Waals surface area contributed by atoms with Crippen LogP contribution in [0.15, 0.2) is 10.4 Å². The molecule has 2 unspecified atom stereocenters. The summed E-state index contributed by atoms with van der Waals surface area (Å²) in [5, 5.41) is 7.72. The van der Waals surface area contributed by atoms with E-state index in [-0.39, 0.29) is 6.04 Å². The molecule has 2 atom stereocenters. The van der Waals surface area contributed by atoms with Gasteiger partial charge in [0.05, 0.1) is 6.04 Å². The number of thioether (sulfide) groups is 1. The van der Waals surface area contributed by atoms with Gasteiger partial charge in [0.15, 0.2) is 5.17 Å². The molecule has 1 aromatic heterocycles. The van der Waals surface area contributed by atoms with Gasteiger partial charge in [0, 0.05) is 23.4 Å². The number of aliphatic imine (C=N–C) groups is 1. The van der Waals surface area contributed by atoms with Crippen LogP contribution in [0.3, 0.4) is 0 Å². The second-order valence-corrected chi connectivity index (χ2v) is 6.15. The maximum atomic E-state index is 4.53. The minimum absolute atomic E-state index is 0.262. The number of aromatic nitrogens is 1. The molecule has 0 saturated carbocycles. The maximum absolute atomic E-state index is 4.53. The molecule has 3 nitrogen and oxygen atoms in total. The van der Waals surface area contributed by atoms with Crippen molar-refractivity contribution in [3.63, 3.8) is 0 Å². The molecule has 0 bridgehead atoms. The van der Waals surface area contributed by atoms with Crippen LogP contribution in [0.4, 0.5) is 0 Å². The number of rotatable bonds is 2. The van der Waals surface area contributed by atoms with Crippen molar-refractivity contribution in [1.29, 1.82) is 0 Å². The monoisotopic (exact) mass is 255 g/mol. The molecule has 0 aliphatic carbocycles. The average Bonchev–Trinajstić information content (AvgIpc) is 2.68. The smallest absolute Gasteiger partial charge is 0.157 e. The first-order chi connectivity index (χ1) is 7.65. The van der Waals surface area contributed by atoms with Crippen molar-refractivity contribution < 1.29 is 0 Å². The zero-order valence-corrected chi connectivity index (χ0v) is 11.5. The quantitative estimate of drug-likeness (QED) is 0.883. The number of thiazole rings is 1. The lowest BCUT2D eigenvalue weighted by molar-refractivity contribution is 0.657.